The summed E-state index contributed by atoms with van der Waals surface area (Å²) in [6.45, 7) is 4.36. The Bertz CT molecular complexity index is 1180. The minimum atomic E-state index is -0.407. The van der Waals surface area contributed by atoms with Crippen molar-refractivity contribution in [1.29, 1.82) is 0 Å². The molecule has 0 radical (unpaired) electrons. The average Bonchev–Trinajstić information content (AvgIpc) is 3.22. The van der Waals surface area contributed by atoms with Gasteiger partial charge >= 0.3 is 0 Å². The minimum absolute atomic E-state index is 0.153. The van der Waals surface area contributed by atoms with Crippen LogP contribution in [0.3, 0.4) is 0 Å². The summed E-state index contributed by atoms with van der Waals surface area (Å²) in [7, 11) is 0. The molecule has 0 spiro atoms. The number of para-hydroxylation sites is 1. The molecule has 2 aromatic heterocycles. The zero-order valence-corrected chi connectivity index (χ0v) is 18.1. The van der Waals surface area contributed by atoms with Crippen LogP contribution < -0.4 is 9.64 Å². The molecule has 4 aromatic rings. The number of nitrogens with zero attached hydrogens (tertiary/aromatic N) is 3. The van der Waals surface area contributed by atoms with Crippen molar-refractivity contribution in [2.45, 2.75) is 26.3 Å². The first-order chi connectivity index (χ1) is 15.0. The summed E-state index contributed by atoms with van der Waals surface area (Å²) >= 11 is 1.27. The second-order valence-corrected chi connectivity index (χ2v) is 8.45. The lowest BCUT2D eigenvalue weighted by Crippen LogP contribution is -2.34. The van der Waals surface area contributed by atoms with Gasteiger partial charge in [-0.2, -0.15) is 0 Å². The number of carbonyl (C=O) groups excluding carboxylic acids is 1. The fourth-order valence-corrected chi connectivity index (χ4v) is 4.12. The molecule has 0 aliphatic heterocycles. The molecular formula is C24H22FN3O2S. The predicted molar refractivity (Wildman–Crippen MR) is 121 cm³/mol. The minimum Gasteiger partial charge on any atom is -0.484 e. The number of amides is 1. The number of fused-ring (bicyclic) bond motifs is 1. The molecule has 0 bridgehead atoms. The highest BCUT2D eigenvalue weighted by Crippen LogP contribution is 2.31. The van der Waals surface area contributed by atoms with Gasteiger partial charge in [-0.1, -0.05) is 49.4 Å². The number of hydrogen-bond acceptors (Lipinski definition) is 5. The van der Waals surface area contributed by atoms with Crippen molar-refractivity contribution in [2.75, 3.05) is 11.5 Å². The first-order valence-electron chi connectivity index (χ1n) is 9.98. The molecule has 158 valence electrons. The highest BCUT2D eigenvalue weighted by molar-refractivity contribution is 7.22. The number of ether oxygens (including phenoxy) is 1. The number of hydrogen-bond donors (Lipinski definition) is 0. The Kier molecular flexibility index (Phi) is 6.23. The van der Waals surface area contributed by atoms with E-state index in [9.17, 15) is 9.18 Å². The molecule has 0 N–H and O–H groups in total. The van der Waals surface area contributed by atoms with E-state index in [1.54, 1.807) is 24.5 Å². The van der Waals surface area contributed by atoms with Crippen LogP contribution in [0, 0.1) is 5.82 Å². The smallest absolute Gasteiger partial charge is 0.267 e. The summed E-state index contributed by atoms with van der Waals surface area (Å²) in [5.74, 6) is 0.367. The van der Waals surface area contributed by atoms with Crippen LogP contribution in [0.4, 0.5) is 9.52 Å². The summed E-state index contributed by atoms with van der Waals surface area (Å²) in [5, 5.41) is 0.424. The van der Waals surface area contributed by atoms with Gasteiger partial charge in [0.05, 0.1) is 11.2 Å². The molecule has 2 heterocycles. The van der Waals surface area contributed by atoms with Crippen molar-refractivity contribution < 1.29 is 13.9 Å². The van der Waals surface area contributed by atoms with E-state index in [0.717, 1.165) is 5.56 Å². The number of benzene rings is 2. The van der Waals surface area contributed by atoms with Crippen LogP contribution in [0.5, 0.6) is 5.75 Å². The van der Waals surface area contributed by atoms with Crippen molar-refractivity contribution in [3.8, 4) is 5.75 Å². The van der Waals surface area contributed by atoms with Crippen LogP contribution in [0.2, 0.25) is 0 Å². The van der Waals surface area contributed by atoms with Gasteiger partial charge in [0.2, 0.25) is 0 Å². The highest BCUT2D eigenvalue weighted by Gasteiger charge is 2.22. The van der Waals surface area contributed by atoms with Crippen LogP contribution in [-0.4, -0.2) is 22.5 Å². The van der Waals surface area contributed by atoms with Crippen molar-refractivity contribution in [2.24, 2.45) is 0 Å². The van der Waals surface area contributed by atoms with Crippen LogP contribution in [0.1, 0.15) is 30.9 Å². The lowest BCUT2D eigenvalue weighted by atomic mass is 10.0. The molecule has 0 atom stereocenters. The van der Waals surface area contributed by atoms with E-state index in [1.807, 2.05) is 36.4 Å². The van der Waals surface area contributed by atoms with Gasteiger partial charge in [-0.05, 0) is 47.4 Å². The van der Waals surface area contributed by atoms with Gasteiger partial charge in [0, 0.05) is 12.4 Å². The molecule has 31 heavy (non-hydrogen) atoms. The Hall–Kier alpha value is -3.32. The number of carbonyl (C=O) groups is 1. The van der Waals surface area contributed by atoms with E-state index in [2.05, 4.69) is 23.8 Å². The van der Waals surface area contributed by atoms with E-state index in [4.69, 9.17) is 4.74 Å². The predicted octanol–water partition coefficient (Wildman–Crippen LogP) is 5.57. The third-order valence-electron chi connectivity index (χ3n) is 4.86. The Labute approximate surface area is 184 Å². The third kappa shape index (κ3) is 4.88. The normalized spacial score (nSPS) is 11.1. The Morgan fingerprint density at radius 2 is 1.94 bits per heavy atom. The van der Waals surface area contributed by atoms with Crippen molar-refractivity contribution in [3.05, 3.63) is 83.9 Å². The van der Waals surface area contributed by atoms with E-state index in [0.29, 0.717) is 21.5 Å². The Balaban J connectivity index is 1.57. The quantitative estimate of drug-likeness (QED) is 0.381. The fourth-order valence-electron chi connectivity index (χ4n) is 3.13. The first-order valence-corrected chi connectivity index (χ1v) is 10.8. The van der Waals surface area contributed by atoms with Crippen molar-refractivity contribution in [1.82, 2.24) is 9.97 Å². The molecule has 0 aliphatic rings. The summed E-state index contributed by atoms with van der Waals surface area (Å²) < 4.78 is 20.6. The SMILES string of the molecule is CC(C)c1ccc(OCC(=O)N(Cc2cccnc2)c2nc3c(F)cccc3s2)cc1. The summed E-state index contributed by atoms with van der Waals surface area (Å²) in [5.41, 5.74) is 2.31. The maximum absolute atomic E-state index is 14.2. The van der Waals surface area contributed by atoms with Crippen LogP contribution >= 0.6 is 11.3 Å². The lowest BCUT2D eigenvalue weighted by Gasteiger charge is -2.20. The monoisotopic (exact) mass is 435 g/mol. The second kappa shape index (κ2) is 9.22. The van der Waals surface area contributed by atoms with Gasteiger partial charge in [0.1, 0.15) is 17.1 Å². The third-order valence-corrected chi connectivity index (χ3v) is 5.91. The van der Waals surface area contributed by atoms with Gasteiger partial charge in [0.15, 0.2) is 11.7 Å². The zero-order valence-electron chi connectivity index (χ0n) is 17.3. The number of halogens is 1. The number of anilines is 1. The Morgan fingerprint density at radius 3 is 2.61 bits per heavy atom. The molecule has 1 amide bonds. The summed E-state index contributed by atoms with van der Waals surface area (Å²) in [4.78, 5) is 23.1. The largest absolute Gasteiger partial charge is 0.484 e. The number of thiazole rings is 1. The van der Waals surface area contributed by atoms with Crippen molar-refractivity contribution in [3.63, 3.8) is 0 Å². The Morgan fingerprint density at radius 1 is 1.13 bits per heavy atom. The highest BCUT2D eigenvalue weighted by atomic mass is 32.1. The molecule has 0 saturated carbocycles. The maximum Gasteiger partial charge on any atom is 0.267 e. The summed E-state index contributed by atoms with van der Waals surface area (Å²) in [6, 6.07) is 16.2. The number of pyridine rings is 1. The van der Waals surface area contributed by atoms with Crippen LogP contribution in [0.15, 0.2) is 67.0 Å². The molecule has 5 nitrogen and oxygen atoms in total. The number of rotatable bonds is 7. The summed E-state index contributed by atoms with van der Waals surface area (Å²) in [6.07, 6.45) is 3.37. The molecule has 0 saturated heterocycles. The molecule has 7 heteroatoms. The average molecular weight is 436 g/mol. The molecular weight excluding hydrogens is 413 g/mol. The van der Waals surface area contributed by atoms with E-state index in [-0.39, 0.29) is 24.6 Å². The first kappa shape index (κ1) is 20.9. The van der Waals surface area contributed by atoms with E-state index < -0.39 is 5.82 Å². The lowest BCUT2D eigenvalue weighted by molar-refractivity contribution is -0.120. The van der Waals surface area contributed by atoms with E-state index >= 15 is 0 Å². The van der Waals surface area contributed by atoms with E-state index in [1.165, 1.54) is 27.9 Å². The fraction of sp³-hybridized carbons (Fsp3) is 0.208. The van der Waals surface area contributed by atoms with Crippen LogP contribution in [-0.2, 0) is 11.3 Å². The molecule has 0 aliphatic carbocycles. The van der Waals surface area contributed by atoms with Gasteiger partial charge in [0.25, 0.3) is 5.91 Å². The van der Waals surface area contributed by atoms with Gasteiger partial charge in [-0.25, -0.2) is 9.37 Å². The topological polar surface area (TPSA) is 55.3 Å². The molecule has 4 rings (SSSR count). The maximum atomic E-state index is 14.2. The number of aromatic nitrogens is 2. The van der Waals surface area contributed by atoms with Gasteiger partial charge in [-0.3, -0.25) is 14.7 Å². The zero-order chi connectivity index (χ0) is 21.8. The standard InChI is InChI=1S/C24H22FN3O2S/c1-16(2)18-8-10-19(11-9-18)30-15-22(29)28(14-17-5-4-12-26-13-17)24-27-23-20(25)6-3-7-21(23)31-24/h3-13,16H,14-15H2,1-2H3. The molecule has 0 unspecified atom stereocenters. The van der Waals surface area contributed by atoms with Crippen LogP contribution in [0.25, 0.3) is 10.2 Å². The van der Waals surface area contributed by atoms with Gasteiger partial charge < -0.3 is 4.74 Å². The van der Waals surface area contributed by atoms with Gasteiger partial charge in [-0.15, -0.1) is 0 Å². The second-order valence-electron chi connectivity index (χ2n) is 7.44. The molecule has 0 fully saturated rings. The molecule has 2 aromatic carbocycles. The van der Waals surface area contributed by atoms with Crippen molar-refractivity contribution >= 4 is 32.6 Å².